The standard InChI is InChI=1S/C25H28N4O3/c1-3-31-21-9-7-18(8-10-21)15-20-5-4-6-22(28-20)23-17-29(13-14-32-23)25(30)19-11-12-27-24(16-19)26-2/h4-12,16,23H,3,13-15,17H2,1-2H3,(H,26,27)/t23-/m1/s1. The Balaban J connectivity index is 1.44. The highest BCUT2D eigenvalue weighted by Gasteiger charge is 2.27. The molecule has 1 aromatic carbocycles. The molecule has 4 rings (SSSR count). The van der Waals surface area contributed by atoms with Gasteiger partial charge >= 0.3 is 0 Å². The molecule has 0 spiro atoms. The van der Waals surface area contributed by atoms with Crippen molar-refractivity contribution in [3.8, 4) is 5.75 Å². The first kappa shape index (κ1) is 21.8. The fourth-order valence-electron chi connectivity index (χ4n) is 3.75. The maximum Gasteiger partial charge on any atom is 0.254 e. The van der Waals surface area contributed by atoms with Crippen molar-refractivity contribution in [3.05, 3.63) is 83.3 Å². The Labute approximate surface area is 188 Å². The third kappa shape index (κ3) is 5.23. The van der Waals surface area contributed by atoms with E-state index in [0.717, 1.165) is 29.1 Å². The van der Waals surface area contributed by atoms with E-state index in [1.807, 2.05) is 42.2 Å². The summed E-state index contributed by atoms with van der Waals surface area (Å²) in [6.07, 6.45) is 2.11. The third-order valence-electron chi connectivity index (χ3n) is 5.39. The zero-order valence-electron chi connectivity index (χ0n) is 18.5. The first-order valence-corrected chi connectivity index (χ1v) is 10.9. The lowest BCUT2D eigenvalue weighted by Gasteiger charge is -2.33. The summed E-state index contributed by atoms with van der Waals surface area (Å²) in [7, 11) is 1.79. The highest BCUT2D eigenvalue weighted by molar-refractivity contribution is 5.94. The molecule has 166 valence electrons. The number of amides is 1. The van der Waals surface area contributed by atoms with Crippen LogP contribution in [-0.2, 0) is 11.2 Å². The Morgan fingerprint density at radius 3 is 2.84 bits per heavy atom. The predicted octanol–water partition coefficient (Wildman–Crippen LogP) is 3.72. The number of pyridine rings is 2. The first-order valence-electron chi connectivity index (χ1n) is 10.9. The van der Waals surface area contributed by atoms with Crippen LogP contribution in [0.15, 0.2) is 60.8 Å². The molecule has 3 heterocycles. The molecule has 2 aromatic heterocycles. The van der Waals surface area contributed by atoms with Crippen molar-refractivity contribution < 1.29 is 14.3 Å². The minimum Gasteiger partial charge on any atom is -0.494 e. The molecule has 0 bridgehead atoms. The Bertz CT molecular complexity index is 1060. The summed E-state index contributed by atoms with van der Waals surface area (Å²) < 4.78 is 11.5. The van der Waals surface area contributed by atoms with Crippen LogP contribution in [0, 0.1) is 0 Å². The minimum absolute atomic E-state index is 0.0252. The lowest BCUT2D eigenvalue weighted by atomic mass is 10.1. The van der Waals surface area contributed by atoms with E-state index in [2.05, 4.69) is 22.4 Å². The Hall–Kier alpha value is -3.45. The summed E-state index contributed by atoms with van der Waals surface area (Å²) in [5, 5.41) is 2.97. The van der Waals surface area contributed by atoms with Gasteiger partial charge in [-0.05, 0) is 48.9 Å². The van der Waals surface area contributed by atoms with Crippen LogP contribution < -0.4 is 10.1 Å². The topological polar surface area (TPSA) is 76.6 Å². The van der Waals surface area contributed by atoms with Crippen molar-refractivity contribution >= 4 is 11.7 Å². The van der Waals surface area contributed by atoms with Crippen LogP contribution in [0.2, 0.25) is 0 Å². The molecule has 0 aliphatic carbocycles. The van der Waals surface area contributed by atoms with Gasteiger partial charge in [0.2, 0.25) is 0 Å². The number of nitrogens with one attached hydrogen (secondary N) is 1. The average molecular weight is 433 g/mol. The maximum absolute atomic E-state index is 13.0. The molecule has 1 fully saturated rings. The van der Waals surface area contributed by atoms with E-state index < -0.39 is 0 Å². The number of ether oxygens (including phenoxy) is 2. The van der Waals surface area contributed by atoms with Crippen molar-refractivity contribution in [2.24, 2.45) is 0 Å². The van der Waals surface area contributed by atoms with Crippen molar-refractivity contribution in [3.63, 3.8) is 0 Å². The van der Waals surface area contributed by atoms with Gasteiger partial charge in [0.05, 0.1) is 25.5 Å². The van der Waals surface area contributed by atoms with Crippen molar-refractivity contribution in [2.45, 2.75) is 19.4 Å². The largest absolute Gasteiger partial charge is 0.494 e. The van der Waals surface area contributed by atoms with Gasteiger partial charge in [-0.1, -0.05) is 18.2 Å². The molecule has 7 nitrogen and oxygen atoms in total. The Morgan fingerprint density at radius 2 is 2.06 bits per heavy atom. The van der Waals surface area contributed by atoms with Gasteiger partial charge in [0.25, 0.3) is 5.91 Å². The smallest absolute Gasteiger partial charge is 0.254 e. The normalized spacial score (nSPS) is 15.9. The molecule has 0 saturated carbocycles. The monoisotopic (exact) mass is 432 g/mol. The summed E-state index contributed by atoms with van der Waals surface area (Å²) in [6.45, 7) is 4.13. The second-order valence-corrected chi connectivity index (χ2v) is 7.60. The summed E-state index contributed by atoms with van der Waals surface area (Å²) in [6, 6.07) is 17.6. The molecule has 1 aliphatic rings. The summed E-state index contributed by atoms with van der Waals surface area (Å²) in [5.41, 5.74) is 3.59. The van der Waals surface area contributed by atoms with E-state index in [1.165, 1.54) is 0 Å². The minimum atomic E-state index is -0.251. The number of carbonyl (C=O) groups excluding carboxylic acids is 1. The van der Waals surface area contributed by atoms with Crippen LogP contribution in [-0.4, -0.2) is 54.1 Å². The van der Waals surface area contributed by atoms with E-state index in [-0.39, 0.29) is 12.0 Å². The lowest BCUT2D eigenvalue weighted by molar-refractivity contribution is -0.0247. The van der Waals surface area contributed by atoms with Crippen molar-refractivity contribution in [1.82, 2.24) is 14.9 Å². The average Bonchev–Trinajstić information content (AvgIpc) is 2.85. The fourth-order valence-corrected chi connectivity index (χ4v) is 3.75. The maximum atomic E-state index is 13.0. The molecule has 1 atom stereocenters. The van der Waals surface area contributed by atoms with Gasteiger partial charge in [-0.2, -0.15) is 0 Å². The molecule has 3 aromatic rings. The summed E-state index contributed by atoms with van der Waals surface area (Å²) in [4.78, 5) is 23.8. The van der Waals surface area contributed by atoms with Crippen LogP contribution in [0.3, 0.4) is 0 Å². The summed E-state index contributed by atoms with van der Waals surface area (Å²) >= 11 is 0. The number of nitrogens with zero attached hydrogens (tertiary/aromatic N) is 3. The Morgan fingerprint density at radius 1 is 1.22 bits per heavy atom. The van der Waals surface area contributed by atoms with Gasteiger partial charge in [0.1, 0.15) is 17.7 Å². The van der Waals surface area contributed by atoms with Gasteiger partial charge in [-0.3, -0.25) is 9.78 Å². The molecular formula is C25H28N4O3. The van der Waals surface area contributed by atoms with Crippen LogP contribution in [0.5, 0.6) is 5.75 Å². The van der Waals surface area contributed by atoms with Crippen molar-refractivity contribution in [2.75, 3.05) is 38.7 Å². The predicted molar refractivity (Wildman–Crippen MR) is 123 cm³/mol. The molecular weight excluding hydrogens is 404 g/mol. The van der Waals surface area contributed by atoms with E-state index in [0.29, 0.717) is 37.7 Å². The zero-order valence-corrected chi connectivity index (χ0v) is 18.5. The molecule has 32 heavy (non-hydrogen) atoms. The third-order valence-corrected chi connectivity index (χ3v) is 5.39. The number of rotatable bonds is 7. The zero-order chi connectivity index (χ0) is 22.3. The number of hydrogen-bond donors (Lipinski definition) is 1. The van der Waals surface area contributed by atoms with Gasteiger partial charge < -0.3 is 19.7 Å². The van der Waals surface area contributed by atoms with Gasteiger partial charge in [0, 0.05) is 37.5 Å². The second kappa shape index (κ2) is 10.2. The van der Waals surface area contributed by atoms with E-state index in [4.69, 9.17) is 14.5 Å². The van der Waals surface area contributed by atoms with E-state index in [1.54, 1.807) is 25.4 Å². The van der Waals surface area contributed by atoms with E-state index >= 15 is 0 Å². The Kier molecular flexibility index (Phi) is 6.97. The van der Waals surface area contributed by atoms with Crippen LogP contribution in [0.25, 0.3) is 0 Å². The van der Waals surface area contributed by atoms with Gasteiger partial charge in [0.15, 0.2) is 0 Å². The number of morpholine rings is 1. The van der Waals surface area contributed by atoms with Crippen LogP contribution >= 0.6 is 0 Å². The van der Waals surface area contributed by atoms with Crippen LogP contribution in [0.4, 0.5) is 5.82 Å². The van der Waals surface area contributed by atoms with E-state index in [9.17, 15) is 4.79 Å². The fraction of sp³-hybridized carbons (Fsp3) is 0.320. The van der Waals surface area contributed by atoms with Gasteiger partial charge in [-0.25, -0.2) is 4.98 Å². The lowest BCUT2D eigenvalue weighted by Crippen LogP contribution is -2.42. The summed E-state index contributed by atoms with van der Waals surface area (Å²) in [5.74, 6) is 1.52. The molecule has 0 unspecified atom stereocenters. The molecule has 1 amide bonds. The second-order valence-electron chi connectivity index (χ2n) is 7.60. The number of aromatic nitrogens is 2. The number of benzene rings is 1. The quantitative estimate of drug-likeness (QED) is 0.613. The number of carbonyl (C=O) groups is 1. The van der Waals surface area contributed by atoms with Crippen molar-refractivity contribution in [1.29, 1.82) is 0 Å². The molecule has 1 aliphatic heterocycles. The van der Waals surface area contributed by atoms with Gasteiger partial charge in [-0.15, -0.1) is 0 Å². The molecule has 0 radical (unpaired) electrons. The van der Waals surface area contributed by atoms with Crippen LogP contribution in [0.1, 0.15) is 40.3 Å². The number of hydrogen-bond acceptors (Lipinski definition) is 6. The highest BCUT2D eigenvalue weighted by Crippen LogP contribution is 2.23. The SMILES string of the molecule is CCOc1ccc(Cc2cccc([C@H]3CN(C(=O)c4ccnc(NC)c4)CCO3)n2)cc1. The molecule has 1 N–H and O–H groups in total. The molecule has 1 saturated heterocycles. The highest BCUT2D eigenvalue weighted by atomic mass is 16.5. The number of anilines is 1. The first-order chi connectivity index (χ1) is 15.7. The molecule has 7 heteroatoms.